The van der Waals surface area contributed by atoms with E-state index >= 15 is 0 Å². The van der Waals surface area contributed by atoms with Crippen LogP contribution in [0.2, 0.25) is 0 Å². The Morgan fingerprint density at radius 1 is 1.18 bits per heavy atom. The van der Waals surface area contributed by atoms with E-state index in [1.807, 2.05) is 42.1 Å². The van der Waals surface area contributed by atoms with E-state index in [0.29, 0.717) is 6.54 Å². The van der Waals surface area contributed by atoms with Crippen molar-refractivity contribution in [1.29, 1.82) is 0 Å². The van der Waals surface area contributed by atoms with Crippen molar-refractivity contribution in [2.24, 2.45) is 4.99 Å². The van der Waals surface area contributed by atoms with Crippen LogP contribution >= 0.6 is 11.8 Å². The van der Waals surface area contributed by atoms with Crippen LogP contribution in [0.25, 0.3) is 0 Å². The van der Waals surface area contributed by atoms with Crippen LogP contribution in [0.1, 0.15) is 25.5 Å². The number of aliphatic hydroxyl groups is 1. The highest BCUT2D eigenvalue weighted by atomic mass is 32.2. The van der Waals surface area contributed by atoms with Gasteiger partial charge in [-0.25, -0.2) is 0 Å². The van der Waals surface area contributed by atoms with Crippen molar-refractivity contribution in [2.45, 2.75) is 24.7 Å². The summed E-state index contributed by atoms with van der Waals surface area (Å²) in [6.07, 6.45) is -0.398. The lowest BCUT2D eigenvalue weighted by Gasteiger charge is -2.36. The number of β-amino-alcohol motifs (C(OH)–C–C–N with tert-alkyl or cyclic N) is 1. The van der Waals surface area contributed by atoms with E-state index in [4.69, 9.17) is 0 Å². The van der Waals surface area contributed by atoms with Gasteiger partial charge in [-0.05, 0) is 19.4 Å². The molecule has 5 heteroatoms. The van der Waals surface area contributed by atoms with Gasteiger partial charge in [0.25, 0.3) is 0 Å². The van der Waals surface area contributed by atoms with Crippen LogP contribution < -0.4 is 0 Å². The number of rotatable bonds is 3. The van der Waals surface area contributed by atoms with Crippen molar-refractivity contribution in [2.75, 3.05) is 39.3 Å². The zero-order valence-electron chi connectivity index (χ0n) is 13.4. The van der Waals surface area contributed by atoms with Crippen LogP contribution in [0, 0.1) is 0 Å². The number of piperazine rings is 1. The molecule has 2 aliphatic heterocycles. The van der Waals surface area contributed by atoms with E-state index in [2.05, 4.69) is 28.6 Å². The Labute approximate surface area is 137 Å². The van der Waals surface area contributed by atoms with E-state index in [1.54, 1.807) is 0 Å². The maximum Gasteiger partial charge on any atom is 0.159 e. The molecule has 22 heavy (non-hydrogen) atoms. The minimum absolute atomic E-state index is 0.246. The first-order chi connectivity index (χ1) is 10.5. The van der Waals surface area contributed by atoms with Crippen molar-refractivity contribution >= 4 is 16.9 Å². The van der Waals surface area contributed by atoms with Crippen LogP contribution in [0.5, 0.6) is 0 Å². The number of benzene rings is 1. The van der Waals surface area contributed by atoms with Gasteiger partial charge >= 0.3 is 0 Å². The predicted octanol–water partition coefficient (Wildman–Crippen LogP) is 2.22. The fourth-order valence-corrected chi connectivity index (χ4v) is 3.95. The Hall–Kier alpha value is -1.04. The average Bonchev–Trinajstić information content (AvgIpc) is 2.89. The topological polar surface area (TPSA) is 39.1 Å². The Balaban J connectivity index is 1.48. The summed E-state index contributed by atoms with van der Waals surface area (Å²) in [6.45, 7) is 10.1. The first-order valence-corrected chi connectivity index (χ1v) is 8.79. The third-order valence-electron chi connectivity index (χ3n) is 4.22. The van der Waals surface area contributed by atoms with Gasteiger partial charge in [0.05, 0.1) is 12.6 Å². The molecule has 2 aliphatic rings. The summed E-state index contributed by atoms with van der Waals surface area (Å²) in [6, 6.07) is 9.93. The highest BCUT2D eigenvalue weighted by molar-refractivity contribution is 8.15. The van der Waals surface area contributed by atoms with E-state index in [9.17, 15) is 5.11 Å². The number of nitrogens with zero attached hydrogens (tertiary/aromatic N) is 3. The summed E-state index contributed by atoms with van der Waals surface area (Å²) in [5.74, 6) is 0. The molecule has 0 bridgehead atoms. The van der Waals surface area contributed by atoms with Gasteiger partial charge in [-0.1, -0.05) is 42.1 Å². The monoisotopic (exact) mass is 319 g/mol. The molecule has 3 rings (SSSR count). The molecule has 0 aliphatic carbocycles. The normalized spacial score (nSPS) is 23.4. The van der Waals surface area contributed by atoms with Gasteiger partial charge in [0.2, 0.25) is 0 Å². The minimum atomic E-state index is -0.398. The summed E-state index contributed by atoms with van der Waals surface area (Å²) in [7, 11) is 0. The highest BCUT2D eigenvalue weighted by Crippen LogP contribution is 2.33. The standard InChI is InChI=1S/C17H25N3OS/c1-17(2)13-18-16(22-17)20-10-8-19(9-11-20)12-15(21)14-6-4-3-5-7-14/h3-7,15,21H,8-13H2,1-2H3. The molecule has 1 fully saturated rings. The second-order valence-electron chi connectivity index (χ2n) is 6.67. The van der Waals surface area contributed by atoms with E-state index in [-0.39, 0.29) is 4.75 Å². The molecule has 2 heterocycles. The van der Waals surface area contributed by atoms with Crippen molar-refractivity contribution in [3.8, 4) is 0 Å². The molecule has 0 spiro atoms. The van der Waals surface area contributed by atoms with Gasteiger partial charge in [-0.2, -0.15) is 0 Å². The maximum atomic E-state index is 10.3. The second-order valence-corrected chi connectivity index (χ2v) is 8.35. The van der Waals surface area contributed by atoms with Crippen molar-refractivity contribution in [1.82, 2.24) is 9.80 Å². The Bertz CT molecular complexity index is 524. The number of hydrogen-bond donors (Lipinski definition) is 1. The van der Waals surface area contributed by atoms with Gasteiger partial charge in [0.15, 0.2) is 5.17 Å². The largest absolute Gasteiger partial charge is 0.387 e. The molecular formula is C17H25N3OS. The van der Waals surface area contributed by atoms with Gasteiger partial charge in [-0.3, -0.25) is 9.89 Å². The molecule has 1 aromatic rings. The fourth-order valence-electron chi connectivity index (χ4n) is 2.88. The fraction of sp³-hybridized carbons (Fsp3) is 0.588. The first-order valence-electron chi connectivity index (χ1n) is 7.97. The van der Waals surface area contributed by atoms with Crippen LogP contribution in [0.3, 0.4) is 0 Å². The molecule has 4 nitrogen and oxygen atoms in total. The third-order valence-corrected chi connectivity index (χ3v) is 5.47. The lowest BCUT2D eigenvalue weighted by molar-refractivity contribution is 0.0904. The van der Waals surface area contributed by atoms with E-state index in [1.165, 1.54) is 5.17 Å². The molecule has 1 N–H and O–H groups in total. The number of hydrogen-bond acceptors (Lipinski definition) is 5. The number of amidine groups is 1. The number of aliphatic hydroxyl groups excluding tert-OH is 1. The van der Waals surface area contributed by atoms with Gasteiger partial charge in [0.1, 0.15) is 0 Å². The van der Waals surface area contributed by atoms with Crippen LogP contribution in [-0.4, -0.2) is 64.1 Å². The second kappa shape index (κ2) is 6.60. The predicted molar refractivity (Wildman–Crippen MR) is 93.4 cm³/mol. The molecule has 0 radical (unpaired) electrons. The SMILES string of the molecule is CC1(C)CN=C(N2CCN(CC(O)c3ccccc3)CC2)S1. The Morgan fingerprint density at radius 3 is 2.45 bits per heavy atom. The summed E-state index contributed by atoms with van der Waals surface area (Å²) in [4.78, 5) is 9.42. The molecule has 0 aromatic heterocycles. The van der Waals surface area contributed by atoms with Gasteiger partial charge < -0.3 is 10.0 Å². The number of aliphatic imine (C=N–C) groups is 1. The summed E-state index contributed by atoms with van der Waals surface area (Å²) in [5, 5.41) is 11.5. The highest BCUT2D eigenvalue weighted by Gasteiger charge is 2.31. The van der Waals surface area contributed by atoms with E-state index < -0.39 is 6.10 Å². The van der Waals surface area contributed by atoms with Gasteiger partial charge in [-0.15, -0.1) is 0 Å². The molecule has 1 unspecified atom stereocenters. The zero-order valence-corrected chi connectivity index (χ0v) is 14.2. The molecule has 1 saturated heterocycles. The van der Waals surface area contributed by atoms with Crippen molar-refractivity contribution in [3.63, 3.8) is 0 Å². The summed E-state index contributed by atoms with van der Waals surface area (Å²) < 4.78 is 0.246. The van der Waals surface area contributed by atoms with Crippen LogP contribution in [-0.2, 0) is 0 Å². The molecule has 0 saturated carbocycles. The smallest absolute Gasteiger partial charge is 0.159 e. The lowest BCUT2D eigenvalue weighted by Crippen LogP contribution is -2.48. The van der Waals surface area contributed by atoms with Crippen LogP contribution in [0.15, 0.2) is 35.3 Å². The first kappa shape index (κ1) is 15.8. The van der Waals surface area contributed by atoms with Crippen molar-refractivity contribution < 1.29 is 5.11 Å². The van der Waals surface area contributed by atoms with Gasteiger partial charge in [0, 0.05) is 37.5 Å². The van der Waals surface area contributed by atoms with E-state index in [0.717, 1.165) is 38.3 Å². The Morgan fingerprint density at radius 2 is 1.86 bits per heavy atom. The molecule has 120 valence electrons. The molecule has 1 atom stereocenters. The lowest BCUT2D eigenvalue weighted by atomic mass is 10.1. The zero-order chi connectivity index (χ0) is 15.6. The summed E-state index contributed by atoms with van der Waals surface area (Å²) >= 11 is 1.89. The van der Waals surface area contributed by atoms with Crippen molar-refractivity contribution in [3.05, 3.63) is 35.9 Å². The molecule has 1 aromatic carbocycles. The summed E-state index contributed by atoms with van der Waals surface area (Å²) in [5.41, 5.74) is 1.00. The molecular weight excluding hydrogens is 294 g/mol. The maximum absolute atomic E-state index is 10.3. The number of thioether (sulfide) groups is 1. The molecule has 0 amide bonds. The average molecular weight is 319 g/mol. The van der Waals surface area contributed by atoms with Crippen LogP contribution in [0.4, 0.5) is 0 Å². The Kier molecular flexibility index (Phi) is 4.76. The third kappa shape index (κ3) is 3.83. The quantitative estimate of drug-likeness (QED) is 0.927. The minimum Gasteiger partial charge on any atom is -0.387 e.